The number of aliphatic hydroxyl groups excluding tert-OH is 1. The molecule has 2 saturated heterocycles. The molecule has 218 valence electrons. The molecule has 4 heterocycles. The van der Waals surface area contributed by atoms with Crippen LogP contribution < -0.4 is 9.64 Å². The van der Waals surface area contributed by atoms with Gasteiger partial charge in [0.25, 0.3) is 0 Å². The van der Waals surface area contributed by atoms with Crippen molar-refractivity contribution in [2.45, 2.75) is 39.2 Å². The smallest absolute Gasteiger partial charge is 0.318 e. The summed E-state index contributed by atoms with van der Waals surface area (Å²) in [6, 6.07) is 10.2. The van der Waals surface area contributed by atoms with E-state index >= 15 is 0 Å². The Morgan fingerprint density at radius 1 is 1.00 bits per heavy atom. The number of aliphatic hydroxyl groups is 1. The SMILES string of the molecule is C=CC(=O)N1CCN(c2nc(OCCN3CCCCC3)nc3c2CCN(/C(C)=C/C(O)=C\c2ccccc2)C3)CC1. The maximum Gasteiger partial charge on any atom is 0.318 e. The van der Waals surface area contributed by atoms with E-state index in [1.807, 2.05) is 48.2 Å². The predicted molar refractivity (Wildman–Crippen MR) is 162 cm³/mol. The molecule has 2 aromatic rings. The molecule has 5 rings (SSSR count). The van der Waals surface area contributed by atoms with Gasteiger partial charge < -0.3 is 24.5 Å². The molecule has 1 N–H and O–H groups in total. The van der Waals surface area contributed by atoms with Crippen molar-refractivity contribution in [2.75, 3.05) is 63.9 Å². The number of ether oxygens (including phenoxy) is 1. The fourth-order valence-electron chi connectivity index (χ4n) is 5.80. The van der Waals surface area contributed by atoms with Gasteiger partial charge in [0.15, 0.2) is 0 Å². The first-order chi connectivity index (χ1) is 20.0. The number of likely N-dealkylation sites (tertiary alicyclic amines) is 1. The molecule has 0 spiro atoms. The summed E-state index contributed by atoms with van der Waals surface area (Å²) in [6.45, 7) is 13.4. The Bertz CT molecular complexity index is 1260. The van der Waals surface area contributed by atoms with Crippen molar-refractivity contribution in [1.29, 1.82) is 0 Å². The summed E-state index contributed by atoms with van der Waals surface area (Å²) in [7, 11) is 0. The number of piperazine rings is 1. The highest BCUT2D eigenvalue weighted by atomic mass is 16.5. The minimum atomic E-state index is -0.0291. The number of benzene rings is 1. The Morgan fingerprint density at radius 3 is 2.49 bits per heavy atom. The number of hydrogen-bond donors (Lipinski definition) is 1. The van der Waals surface area contributed by atoms with Gasteiger partial charge in [0.1, 0.15) is 18.2 Å². The van der Waals surface area contributed by atoms with Crippen molar-refractivity contribution < 1.29 is 14.6 Å². The number of nitrogens with zero attached hydrogens (tertiary/aromatic N) is 6. The first kappa shape index (κ1) is 28.7. The number of piperidine rings is 1. The molecule has 9 heteroatoms. The van der Waals surface area contributed by atoms with E-state index in [4.69, 9.17) is 14.7 Å². The van der Waals surface area contributed by atoms with Gasteiger partial charge in [-0.05, 0) is 63.1 Å². The predicted octanol–water partition coefficient (Wildman–Crippen LogP) is 4.04. The molecule has 3 aliphatic heterocycles. The van der Waals surface area contributed by atoms with E-state index in [2.05, 4.69) is 21.3 Å². The third-order valence-corrected chi connectivity index (χ3v) is 8.15. The van der Waals surface area contributed by atoms with Gasteiger partial charge in [0, 0.05) is 50.5 Å². The van der Waals surface area contributed by atoms with E-state index in [9.17, 15) is 9.90 Å². The van der Waals surface area contributed by atoms with Crippen molar-refractivity contribution in [3.63, 3.8) is 0 Å². The maximum atomic E-state index is 12.1. The van der Waals surface area contributed by atoms with Crippen LogP contribution in [-0.2, 0) is 17.8 Å². The molecule has 0 unspecified atom stereocenters. The summed E-state index contributed by atoms with van der Waals surface area (Å²) in [6.07, 6.45) is 9.56. The number of amides is 1. The van der Waals surface area contributed by atoms with Crippen LogP contribution in [-0.4, -0.2) is 94.6 Å². The van der Waals surface area contributed by atoms with Crippen LogP contribution in [0.3, 0.4) is 0 Å². The van der Waals surface area contributed by atoms with Gasteiger partial charge in [-0.3, -0.25) is 9.69 Å². The lowest BCUT2D eigenvalue weighted by Gasteiger charge is -2.38. The van der Waals surface area contributed by atoms with Gasteiger partial charge in [-0.2, -0.15) is 9.97 Å². The maximum absolute atomic E-state index is 12.1. The van der Waals surface area contributed by atoms with Gasteiger partial charge >= 0.3 is 6.01 Å². The van der Waals surface area contributed by atoms with Crippen LogP contribution in [0, 0.1) is 0 Å². The third-order valence-electron chi connectivity index (χ3n) is 8.15. The first-order valence-corrected chi connectivity index (χ1v) is 14.8. The van der Waals surface area contributed by atoms with Crippen LogP contribution in [0.2, 0.25) is 0 Å². The minimum absolute atomic E-state index is 0.0291. The molecule has 0 atom stereocenters. The lowest BCUT2D eigenvalue weighted by atomic mass is 10.0. The Labute approximate surface area is 243 Å². The van der Waals surface area contributed by atoms with Crippen molar-refractivity contribution in [1.82, 2.24) is 24.7 Å². The van der Waals surface area contributed by atoms with Gasteiger partial charge in [-0.1, -0.05) is 43.3 Å². The number of anilines is 1. The summed E-state index contributed by atoms with van der Waals surface area (Å²) < 4.78 is 6.16. The Hall–Kier alpha value is -3.85. The molecular weight excluding hydrogens is 516 g/mol. The molecule has 1 aromatic carbocycles. The minimum Gasteiger partial charge on any atom is -0.508 e. The van der Waals surface area contributed by atoms with E-state index in [1.54, 1.807) is 6.08 Å². The zero-order valence-corrected chi connectivity index (χ0v) is 24.2. The number of hydrogen-bond acceptors (Lipinski definition) is 8. The normalized spacial score (nSPS) is 18.7. The van der Waals surface area contributed by atoms with E-state index in [-0.39, 0.29) is 11.7 Å². The van der Waals surface area contributed by atoms with Crippen LogP contribution in [0.5, 0.6) is 6.01 Å². The average Bonchev–Trinajstić information content (AvgIpc) is 3.01. The molecule has 1 amide bonds. The fraction of sp³-hybridized carbons (Fsp3) is 0.469. The summed E-state index contributed by atoms with van der Waals surface area (Å²) in [4.78, 5) is 30.7. The second-order valence-corrected chi connectivity index (χ2v) is 11.0. The molecule has 1 aromatic heterocycles. The number of allylic oxidation sites excluding steroid dienone is 2. The highest BCUT2D eigenvalue weighted by Gasteiger charge is 2.28. The Kier molecular flexibility index (Phi) is 9.56. The van der Waals surface area contributed by atoms with Gasteiger partial charge in [-0.15, -0.1) is 0 Å². The molecule has 2 fully saturated rings. The Balaban J connectivity index is 1.33. The van der Waals surface area contributed by atoms with Crippen molar-refractivity contribution >= 4 is 17.8 Å². The third kappa shape index (κ3) is 7.47. The molecule has 0 saturated carbocycles. The van der Waals surface area contributed by atoms with Crippen LogP contribution in [0.25, 0.3) is 6.08 Å². The zero-order valence-electron chi connectivity index (χ0n) is 24.2. The van der Waals surface area contributed by atoms with Gasteiger partial charge in [-0.25, -0.2) is 0 Å². The van der Waals surface area contributed by atoms with Gasteiger partial charge in [0.05, 0.1) is 12.2 Å². The molecular formula is C32H42N6O3. The van der Waals surface area contributed by atoms with E-state index in [1.165, 1.54) is 25.3 Å². The summed E-state index contributed by atoms with van der Waals surface area (Å²) in [5, 5.41) is 10.6. The number of aromatic nitrogens is 2. The van der Waals surface area contributed by atoms with Crippen molar-refractivity contribution in [3.8, 4) is 6.01 Å². The van der Waals surface area contributed by atoms with E-state index < -0.39 is 0 Å². The molecule has 0 bridgehead atoms. The zero-order chi connectivity index (χ0) is 28.6. The lowest BCUT2D eigenvalue weighted by Crippen LogP contribution is -2.49. The second-order valence-electron chi connectivity index (χ2n) is 11.0. The number of fused-ring (bicyclic) bond motifs is 1. The molecule has 41 heavy (non-hydrogen) atoms. The molecule has 0 aliphatic carbocycles. The largest absolute Gasteiger partial charge is 0.508 e. The lowest BCUT2D eigenvalue weighted by molar-refractivity contribution is -0.126. The van der Waals surface area contributed by atoms with Crippen LogP contribution in [0.15, 0.2) is 60.5 Å². The highest BCUT2D eigenvalue weighted by molar-refractivity contribution is 5.87. The average molecular weight is 559 g/mol. The number of carbonyl (C=O) groups excluding carboxylic acids is 1. The molecule has 9 nitrogen and oxygen atoms in total. The van der Waals surface area contributed by atoms with E-state index in [0.29, 0.717) is 45.3 Å². The van der Waals surface area contributed by atoms with Crippen LogP contribution in [0.4, 0.5) is 5.82 Å². The molecule has 3 aliphatic rings. The quantitative estimate of drug-likeness (QED) is 0.281. The Morgan fingerprint density at radius 2 is 1.76 bits per heavy atom. The topological polar surface area (TPSA) is 85.3 Å². The summed E-state index contributed by atoms with van der Waals surface area (Å²) in [5.41, 5.74) is 4.03. The molecule has 0 radical (unpaired) electrons. The summed E-state index contributed by atoms with van der Waals surface area (Å²) in [5.74, 6) is 1.11. The first-order valence-electron chi connectivity index (χ1n) is 14.8. The fourth-order valence-corrected chi connectivity index (χ4v) is 5.80. The van der Waals surface area contributed by atoms with Crippen LogP contribution in [0.1, 0.15) is 43.0 Å². The van der Waals surface area contributed by atoms with Crippen molar-refractivity contribution in [3.05, 3.63) is 77.3 Å². The standard InChI is InChI=1S/C32H42N6O3/c1-3-30(40)36-16-18-37(19-17-36)31-28-12-15-38(25(2)22-27(39)23-26-10-6-4-7-11-26)24-29(28)33-32(34-31)41-21-20-35-13-8-5-9-14-35/h3-4,6-7,10-11,22-23,39H,1,5,8-9,12-21,24H2,2H3/b25-22+,27-23+. The van der Waals surface area contributed by atoms with Crippen LogP contribution >= 0.6 is 0 Å². The highest BCUT2D eigenvalue weighted by Crippen LogP contribution is 2.31. The summed E-state index contributed by atoms with van der Waals surface area (Å²) >= 11 is 0. The number of rotatable bonds is 9. The monoisotopic (exact) mass is 558 g/mol. The van der Waals surface area contributed by atoms with Gasteiger partial charge in [0.2, 0.25) is 5.91 Å². The van der Waals surface area contributed by atoms with E-state index in [0.717, 1.165) is 60.9 Å². The van der Waals surface area contributed by atoms with Crippen molar-refractivity contribution in [2.24, 2.45) is 0 Å². The number of carbonyl (C=O) groups is 1. The second kappa shape index (κ2) is 13.7.